The van der Waals surface area contributed by atoms with Crippen molar-refractivity contribution in [1.82, 2.24) is 20.4 Å². The maximum Gasteiger partial charge on any atom is 0.426 e. The van der Waals surface area contributed by atoms with Crippen LogP contribution in [-0.4, -0.2) is 84.3 Å². The Labute approximate surface area is 162 Å². The average Bonchev–Trinajstić information content (AvgIpc) is 3.35. The summed E-state index contributed by atoms with van der Waals surface area (Å²) in [6.07, 6.45) is -0.205. The molecular weight excluding hydrogens is 368 g/mol. The maximum absolute atomic E-state index is 12.3. The van der Waals surface area contributed by atoms with Gasteiger partial charge in [-0.25, -0.2) is 19.2 Å². The van der Waals surface area contributed by atoms with Gasteiger partial charge in [0.25, 0.3) is 0 Å². The zero-order valence-corrected chi connectivity index (χ0v) is 16.2. The van der Waals surface area contributed by atoms with Gasteiger partial charge in [-0.1, -0.05) is 13.8 Å². The number of nitrogens with one attached hydrogen (secondary N) is 2. The Morgan fingerprint density at radius 2 is 1.18 bits per heavy atom. The molecule has 0 aromatic heterocycles. The van der Waals surface area contributed by atoms with Crippen molar-refractivity contribution >= 4 is 24.1 Å². The molecule has 4 fully saturated rings. The van der Waals surface area contributed by atoms with E-state index in [-0.39, 0.29) is 22.9 Å². The maximum atomic E-state index is 12.3. The van der Waals surface area contributed by atoms with Crippen molar-refractivity contribution < 1.29 is 28.7 Å². The molecule has 2 spiro atoms. The molecule has 0 aliphatic carbocycles. The molecule has 4 atom stereocenters. The largest absolute Gasteiger partial charge is 0.426 e. The molecule has 2 N–H and O–H groups in total. The van der Waals surface area contributed by atoms with Crippen LogP contribution in [0, 0.1) is 11.8 Å². The van der Waals surface area contributed by atoms with E-state index in [1.165, 1.54) is 9.80 Å². The summed E-state index contributed by atoms with van der Waals surface area (Å²) < 4.78 is 9.37. The van der Waals surface area contributed by atoms with E-state index in [0.29, 0.717) is 26.2 Å². The van der Waals surface area contributed by atoms with Crippen molar-refractivity contribution in [1.29, 1.82) is 0 Å². The SMILES string of the molecule is C[C@H]1CN(C(=O)OC(=O)C(=O)OC(=O)N2C[C@H](C)[C@@]23CCNC3)[C@]12CCNC2. The first-order valence-corrected chi connectivity index (χ1v) is 9.79. The van der Waals surface area contributed by atoms with Crippen LogP contribution in [0.4, 0.5) is 9.59 Å². The van der Waals surface area contributed by atoms with Gasteiger partial charge >= 0.3 is 24.1 Å². The highest BCUT2D eigenvalue weighted by Crippen LogP contribution is 2.42. The summed E-state index contributed by atoms with van der Waals surface area (Å²) in [6.45, 7) is 7.81. The summed E-state index contributed by atoms with van der Waals surface area (Å²) in [7, 11) is 0. The lowest BCUT2D eigenvalue weighted by Crippen LogP contribution is -2.69. The third-order valence-corrected chi connectivity index (χ3v) is 7.12. The van der Waals surface area contributed by atoms with Crippen LogP contribution in [-0.2, 0) is 19.1 Å². The Hall–Kier alpha value is -2.20. The van der Waals surface area contributed by atoms with Gasteiger partial charge in [0.05, 0.1) is 11.1 Å². The van der Waals surface area contributed by atoms with Crippen LogP contribution in [0.25, 0.3) is 0 Å². The number of carbonyl (C=O) groups is 4. The first kappa shape index (κ1) is 19.1. The molecule has 4 saturated heterocycles. The number of esters is 2. The molecule has 0 bridgehead atoms. The second kappa shape index (κ2) is 6.70. The van der Waals surface area contributed by atoms with E-state index in [1.807, 2.05) is 13.8 Å². The number of ether oxygens (including phenoxy) is 2. The van der Waals surface area contributed by atoms with Gasteiger partial charge in [-0.2, -0.15) is 0 Å². The van der Waals surface area contributed by atoms with Crippen LogP contribution in [0.2, 0.25) is 0 Å². The van der Waals surface area contributed by atoms with Crippen LogP contribution >= 0.6 is 0 Å². The van der Waals surface area contributed by atoms with Crippen molar-refractivity contribution in [3.8, 4) is 0 Å². The van der Waals surface area contributed by atoms with Crippen LogP contribution in [0.1, 0.15) is 26.7 Å². The molecule has 2 amide bonds. The molecule has 0 radical (unpaired) electrons. The van der Waals surface area contributed by atoms with Crippen molar-refractivity contribution in [2.24, 2.45) is 11.8 Å². The quantitative estimate of drug-likeness (QED) is 0.326. The van der Waals surface area contributed by atoms with E-state index in [4.69, 9.17) is 0 Å². The number of hydrogen-bond donors (Lipinski definition) is 2. The molecule has 10 heteroatoms. The Kier molecular flexibility index (Phi) is 4.58. The van der Waals surface area contributed by atoms with Crippen LogP contribution < -0.4 is 10.6 Å². The van der Waals surface area contributed by atoms with E-state index in [9.17, 15) is 19.2 Å². The van der Waals surface area contributed by atoms with Gasteiger partial charge in [0, 0.05) is 26.2 Å². The molecule has 28 heavy (non-hydrogen) atoms. The van der Waals surface area contributed by atoms with E-state index >= 15 is 0 Å². The van der Waals surface area contributed by atoms with Crippen molar-refractivity contribution in [3.05, 3.63) is 0 Å². The molecular formula is C18H26N4O6. The van der Waals surface area contributed by atoms with Crippen molar-refractivity contribution in [2.45, 2.75) is 37.8 Å². The molecule has 4 aliphatic heterocycles. The fourth-order valence-electron chi connectivity index (χ4n) is 5.12. The Bertz CT molecular complexity index is 653. The lowest BCUT2D eigenvalue weighted by atomic mass is 9.74. The van der Waals surface area contributed by atoms with E-state index in [0.717, 1.165) is 25.9 Å². The fraction of sp³-hybridized carbons (Fsp3) is 0.778. The van der Waals surface area contributed by atoms with Gasteiger partial charge < -0.3 is 29.9 Å². The van der Waals surface area contributed by atoms with Crippen LogP contribution in [0.15, 0.2) is 0 Å². The minimum absolute atomic E-state index is 0.281. The Balaban J connectivity index is 1.31. The van der Waals surface area contributed by atoms with Crippen LogP contribution in [0.5, 0.6) is 0 Å². The molecule has 154 valence electrons. The number of carbonyl (C=O) groups excluding carboxylic acids is 4. The summed E-state index contributed by atoms with van der Waals surface area (Å²) in [4.78, 5) is 51.6. The minimum atomic E-state index is -1.47. The first-order valence-electron chi connectivity index (χ1n) is 9.79. The molecule has 4 aliphatic rings. The summed E-state index contributed by atoms with van der Waals surface area (Å²) in [5, 5.41) is 6.41. The third kappa shape index (κ3) is 2.69. The lowest BCUT2D eigenvalue weighted by molar-refractivity contribution is -0.164. The first-order chi connectivity index (χ1) is 13.3. The zero-order chi connectivity index (χ0) is 20.1. The normalized spacial score (nSPS) is 36.2. The predicted molar refractivity (Wildman–Crippen MR) is 95.2 cm³/mol. The molecule has 0 saturated carbocycles. The number of nitrogens with zero attached hydrogens (tertiary/aromatic N) is 2. The number of hydrogen-bond acceptors (Lipinski definition) is 8. The lowest BCUT2D eigenvalue weighted by Gasteiger charge is -2.54. The Morgan fingerprint density at radius 3 is 1.46 bits per heavy atom. The average molecular weight is 394 g/mol. The molecule has 4 heterocycles. The number of likely N-dealkylation sites (tertiary alicyclic amines) is 2. The van der Waals surface area contributed by atoms with Crippen molar-refractivity contribution in [2.75, 3.05) is 39.3 Å². The zero-order valence-electron chi connectivity index (χ0n) is 16.2. The highest BCUT2D eigenvalue weighted by molar-refractivity contribution is 6.33. The summed E-state index contributed by atoms with van der Waals surface area (Å²) in [5.74, 6) is -2.37. The van der Waals surface area contributed by atoms with Gasteiger partial charge in [-0.05, 0) is 37.8 Å². The monoisotopic (exact) mass is 394 g/mol. The van der Waals surface area contributed by atoms with E-state index < -0.39 is 24.1 Å². The van der Waals surface area contributed by atoms with Gasteiger partial charge in [0.15, 0.2) is 0 Å². The van der Waals surface area contributed by atoms with Crippen molar-refractivity contribution in [3.63, 3.8) is 0 Å². The summed E-state index contributed by atoms with van der Waals surface area (Å²) >= 11 is 0. The third-order valence-electron chi connectivity index (χ3n) is 7.12. The standard InChI is InChI=1S/C18H26N4O6/c1-11-7-21(17(11)3-5-19-9-17)15(25)27-13(23)14(24)28-16(26)22-8-12(2)18(22)4-6-20-10-18/h11-12,19-20H,3-10H2,1-2H3/t11-,12-,17-,18-/m0/s1. The smallest absolute Gasteiger partial charge is 0.367 e. The molecule has 0 aromatic rings. The van der Waals surface area contributed by atoms with Crippen LogP contribution in [0.3, 0.4) is 0 Å². The fourth-order valence-corrected chi connectivity index (χ4v) is 5.12. The minimum Gasteiger partial charge on any atom is -0.367 e. The molecule has 0 aromatic carbocycles. The van der Waals surface area contributed by atoms with Gasteiger partial charge in [-0.15, -0.1) is 0 Å². The summed E-state index contributed by atoms with van der Waals surface area (Å²) in [5.41, 5.74) is -0.737. The van der Waals surface area contributed by atoms with Gasteiger partial charge in [-0.3, -0.25) is 0 Å². The number of rotatable bonds is 0. The van der Waals surface area contributed by atoms with Gasteiger partial charge in [0.2, 0.25) is 0 Å². The number of amides is 2. The second-order valence-corrected chi connectivity index (χ2v) is 8.39. The molecule has 0 unspecified atom stereocenters. The highest BCUT2D eigenvalue weighted by Gasteiger charge is 2.57. The van der Waals surface area contributed by atoms with E-state index in [1.54, 1.807) is 0 Å². The summed E-state index contributed by atoms with van der Waals surface area (Å²) in [6, 6.07) is 0. The molecule has 4 rings (SSSR count). The van der Waals surface area contributed by atoms with E-state index in [2.05, 4.69) is 20.1 Å². The highest BCUT2D eigenvalue weighted by atomic mass is 16.7. The second-order valence-electron chi connectivity index (χ2n) is 8.39. The Morgan fingerprint density at radius 1 is 0.786 bits per heavy atom. The predicted octanol–water partition coefficient (Wildman–Crippen LogP) is -0.320. The topological polar surface area (TPSA) is 117 Å². The molecule has 10 nitrogen and oxygen atoms in total. The van der Waals surface area contributed by atoms with Gasteiger partial charge in [0.1, 0.15) is 0 Å².